The predicted molar refractivity (Wildman–Crippen MR) is 97.8 cm³/mol. The molecule has 8 atom stereocenters. The van der Waals surface area contributed by atoms with Crippen LogP contribution in [0.5, 0.6) is 0 Å². The summed E-state index contributed by atoms with van der Waals surface area (Å²) in [5.41, 5.74) is -1.04. The Balaban J connectivity index is 1.56. The van der Waals surface area contributed by atoms with Crippen molar-refractivity contribution in [3.63, 3.8) is 0 Å². The van der Waals surface area contributed by atoms with E-state index in [1.54, 1.807) is 0 Å². The van der Waals surface area contributed by atoms with Gasteiger partial charge in [-0.05, 0) is 86.9 Å². The second-order valence-electron chi connectivity index (χ2n) is 10.1. The minimum Gasteiger partial charge on any atom is -0.463 e. The Kier molecular flexibility index (Phi) is 4.19. The summed E-state index contributed by atoms with van der Waals surface area (Å²) in [5, 5.41) is 20.6. The van der Waals surface area contributed by atoms with Gasteiger partial charge in [0, 0.05) is 12.3 Å². The normalized spacial score (nSPS) is 53.0. The quantitative estimate of drug-likeness (QED) is 0.562. The summed E-state index contributed by atoms with van der Waals surface area (Å²) in [6.07, 6.45) is 9.40. The van der Waals surface area contributed by atoms with Crippen molar-refractivity contribution in [2.45, 2.75) is 90.3 Å². The van der Waals surface area contributed by atoms with Crippen LogP contribution in [0.25, 0.3) is 0 Å². The highest BCUT2D eigenvalue weighted by Crippen LogP contribution is 2.68. The summed E-state index contributed by atoms with van der Waals surface area (Å²) >= 11 is 0. The third kappa shape index (κ3) is 2.39. The summed E-state index contributed by atoms with van der Waals surface area (Å²) in [4.78, 5) is 11.4. The van der Waals surface area contributed by atoms with Gasteiger partial charge in [-0.1, -0.05) is 13.8 Å². The lowest BCUT2D eigenvalue weighted by atomic mass is 9.44. The Morgan fingerprint density at radius 2 is 1.81 bits per heavy atom. The molecule has 0 bridgehead atoms. The minimum atomic E-state index is -1.13. The molecule has 4 aliphatic carbocycles. The number of ether oxygens (including phenoxy) is 1. The minimum absolute atomic E-state index is 0.103. The first-order valence-corrected chi connectivity index (χ1v) is 10.5. The highest BCUT2D eigenvalue weighted by atomic mass is 16.5. The molecule has 0 aromatic heterocycles. The van der Waals surface area contributed by atoms with Crippen LogP contribution < -0.4 is 0 Å². The Morgan fingerprint density at radius 1 is 1.08 bits per heavy atom. The molecule has 0 spiro atoms. The molecule has 4 aliphatic rings. The third-order valence-corrected chi connectivity index (χ3v) is 9.29. The molecule has 0 amide bonds. The number of rotatable bonds is 1. The van der Waals surface area contributed by atoms with Crippen molar-refractivity contribution >= 4 is 5.97 Å². The molecule has 26 heavy (non-hydrogen) atoms. The Morgan fingerprint density at radius 3 is 2.50 bits per heavy atom. The van der Waals surface area contributed by atoms with Crippen molar-refractivity contribution in [1.29, 1.82) is 5.26 Å². The largest absolute Gasteiger partial charge is 0.463 e. The second-order valence-corrected chi connectivity index (χ2v) is 10.1. The lowest BCUT2D eigenvalue weighted by Crippen LogP contribution is -2.56. The van der Waals surface area contributed by atoms with Gasteiger partial charge in [0.25, 0.3) is 0 Å². The Bertz CT molecular complexity index is 642. The number of carbonyl (C=O) groups is 1. The van der Waals surface area contributed by atoms with Crippen molar-refractivity contribution in [3.8, 4) is 6.07 Å². The molecule has 144 valence electrons. The molecule has 0 unspecified atom stereocenters. The van der Waals surface area contributed by atoms with Crippen molar-refractivity contribution in [1.82, 2.24) is 0 Å². The molecule has 4 fully saturated rings. The summed E-state index contributed by atoms with van der Waals surface area (Å²) < 4.78 is 5.54. The molecule has 0 aromatic carbocycles. The Labute approximate surface area is 157 Å². The van der Waals surface area contributed by atoms with Gasteiger partial charge in [0.15, 0.2) is 5.60 Å². The van der Waals surface area contributed by atoms with Crippen LogP contribution in [-0.2, 0) is 9.53 Å². The SMILES string of the molecule is CC(=O)O[C@@H]1CC[C@@]2(C)[C@@H](CC[C@@H]3[C@@H]2CC[C@@]2(C)[C@H]3CC[C@]2(O)C#N)C1. The number of carbonyl (C=O) groups excluding carboxylic acids is 1. The van der Waals surface area contributed by atoms with E-state index in [0.29, 0.717) is 35.5 Å². The number of hydrogen-bond acceptors (Lipinski definition) is 4. The lowest BCUT2D eigenvalue weighted by molar-refractivity contribution is -0.164. The molecular weight excluding hydrogens is 326 g/mol. The first-order valence-electron chi connectivity index (χ1n) is 10.5. The van der Waals surface area contributed by atoms with E-state index in [0.717, 1.165) is 38.5 Å². The highest BCUT2D eigenvalue weighted by Gasteiger charge is 2.65. The molecule has 4 heteroatoms. The summed E-state index contributed by atoms with van der Waals surface area (Å²) in [6, 6.07) is 2.27. The molecule has 4 rings (SSSR count). The van der Waals surface area contributed by atoms with Crippen molar-refractivity contribution < 1.29 is 14.6 Å². The smallest absolute Gasteiger partial charge is 0.302 e. The maximum Gasteiger partial charge on any atom is 0.302 e. The van der Waals surface area contributed by atoms with Crippen LogP contribution in [0.2, 0.25) is 0 Å². The molecular formula is C22H33NO3. The van der Waals surface area contributed by atoms with Gasteiger partial charge in [0.05, 0.1) is 6.07 Å². The van der Waals surface area contributed by atoms with Gasteiger partial charge >= 0.3 is 5.97 Å². The molecule has 0 heterocycles. The van der Waals surface area contributed by atoms with Crippen LogP contribution in [-0.4, -0.2) is 22.8 Å². The molecule has 0 aliphatic heterocycles. The van der Waals surface area contributed by atoms with Gasteiger partial charge in [0.2, 0.25) is 0 Å². The molecule has 0 radical (unpaired) electrons. The van der Waals surface area contributed by atoms with E-state index in [9.17, 15) is 15.2 Å². The highest BCUT2D eigenvalue weighted by molar-refractivity contribution is 5.66. The van der Waals surface area contributed by atoms with E-state index >= 15 is 0 Å². The van der Waals surface area contributed by atoms with Crippen molar-refractivity contribution in [2.75, 3.05) is 0 Å². The van der Waals surface area contributed by atoms with Crippen LogP contribution in [0.1, 0.15) is 78.6 Å². The fourth-order valence-electron chi connectivity index (χ4n) is 7.76. The van der Waals surface area contributed by atoms with E-state index in [1.807, 2.05) is 0 Å². The van der Waals surface area contributed by atoms with Gasteiger partial charge in [-0.15, -0.1) is 0 Å². The van der Waals surface area contributed by atoms with Crippen LogP contribution in [0.3, 0.4) is 0 Å². The van der Waals surface area contributed by atoms with Gasteiger partial charge in [-0.3, -0.25) is 4.79 Å². The lowest BCUT2D eigenvalue weighted by Gasteiger charge is -2.61. The number of aliphatic hydroxyl groups is 1. The van der Waals surface area contributed by atoms with E-state index in [2.05, 4.69) is 19.9 Å². The van der Waals surface area contributed by atoms with Crippen molar-refractivity contribution in [2.24, 2.45) is 34.5 Å². The zero-order chi connectivity index (χ0) is 18.7. The molecule has 4 saturated carbocycles. The van der Waals surface area contributed by atoms with Gasteiger partial charge in [-0.2, -0.15) is 5.26 Å². The number of esters is 1. The number of hydrogen-bond donors (Lipinski definition) is 1. The van der Waals surface area contributed by atoms with Crippen LogP contribution in [0.15, 0.2) is 0 Å². The topological polar surface area (TPSA) is 70.3 Å². The van der Waals surface area contributed by atoms with E-state index in [1.165, 1.54) is 19.8 Å². The standard InChI is InChI=1S/C22H33NO3/c1-14(24)26-16-6-9-20(2)15(12-16)4-5-17-18(20)7-10-21(3)19(17)8-11-22(21,25)13-23/h15-19,25H,4-12H2,1-3H3/t15-,16+,17+,18-,19-,20-,21-,22-/m0/s1. The van der Waals surface area contributed by atoms with Gasteiger partial charge in [-0.25, -0.2) is 0 Å². The zero-order valence-corrected chi connectivity index (χ0v) is 16.5. The summed E-state index contributed by atoms with van der Waals surface area (Å²) in [6.45, 7) is 6.17. The number of fused-ring (bicyclic) bond motifs is 5. The summed E-state index contributed by atoms with van der Waals surface area (Å²) in [7, 11) is 0. The number of nitrogens with zero attached hydrogens (tertiary/aromatic N) is 1. The van der Waals surface area contributed by atoms with E-state index in [4.69, 9.17) is 4.74 Å². The van der Waals surface area contributed by atoms with Crippen LogP contribution in [0, 0.1) is 45.8 Å². The third-order valence-electron chi connectivity index (χ3n) is 9.29. The second kappa shape index (κ2) is 5.96. The number of nitriles is 1. The summed E-state index contributed by atoms with van der Waals surface area (Å²) in [5.74, 6) is 2.31. The molecule has 0 aromatic rings. The average Bonchev–Trinajstić information content (AvgIpc) is 2.87. The monoisotopic (exact) mass is 359 g/mol. The maximum absolute atomic E-state index is 11.4. The molecule has 1 N–H and O–H groups in total. The average molecular weight is 360 g/mol. The van der Waals surface area contributed by atoms with E-state index < -0.39 is 5.60 Å². The molecule has 4 nitrogen and oxygen atoms in total. The maximum atomic E-state index is 11.4. The van der Waals surface area contributed by atoms with Crippen LogP contribution in [0.4, 0.5) is 0 Å². The molecule has 0 saturated heterocycles. The predicted octanol–water partition coefficient (Wildman–Crippen LogP) is 4.22. The van der Waals surface area contributed by atoms with Crippen molar-refractivity contribution in [3.05, 3.63) is 0 Å². The fraction of sp³-hybridized carbons (Fsp3) is 0.909. The first kappa shape index (κ1) is 18.3. The van der Waals surface area contributed by atoms with E-state index in [-0.39, 0.29) is 17.5 Å². The zero-order valence-electron chi connectivity index (χ0n) is 16.5. The fourth-order valence-corrected chi connectivity index (χ4v) is 7.76. The van der Waals surface area contributed by atoms with Gasteiger partial charge < -0.3 is 9.84 Å². The van der Waals surface area contributed by atoms with Gasteiger partial charge in [0.1, 0.15) is 6.10 Å². The van der Waals surface area contributed by atoms with Crippen LogP contribution >= 0.6 is 0 Å². The Hall–Kier alpha value is -1.08. The first-order chi connectivity index (χ1) is 12.2.